The third-order valence-corrected chi connectivity index (χ3v) is 9.95. The van der Waals surface area contributed by atoms with Gasteiger partial charge in [0.05, 0.1) is 7.11 Å². The van der Waals surface area contributed by atoms with Gasteiger partial charge in [-0.05, 0) is 72.5 Å². The van der Waals surface area contributed by atoms with Crippen molar-refractivity contribution in [3.63, 3.8) is 0 Å². The number of carbonyl (C=O) groups is 4. The number of ether oxygens (including phenoxy) is 5. The van der Waals surface area contributed by atoms with Crippen molar-refractivity contribution in [3.05, 3.63) is 100 Å². The molecule has 1 N–H and O–H groups in total. The number of nitrogens with one attached hydrogen (secondary N) is 1. The van der Waals surface area contributed by atoms with Crippen LogP contribution in [0.4, 0.5) is 4.39 Å². The Bertz CT molecular complexity index is 1920. The molecule has 3 aromatic rings. The largest absolute Gasteiger partial charge is 0.497 e. The van der Waals surface area contributed by atoms with Crippen LogP contribution in [0.25, 0.3) is 11.1 Å². The Morgan fingerprint density at radius 3 is 2.48 bits per heavy atom. The van der Waals surface area contributed by atoms with Crippen LogP contribution in [0, 0.1) is 12.7 Å². The van der Waals surface area contributed by atoms with Crippen LogP contribution in [0.15, 0.2) is 71.9 Å². The van der Waals surface area contributed by atoms with E-state index in [1.807, 2.05) is 19.9 Å². The van der Waals surface area contributed by atoms with Crippen LogP contribution < -0.4 is 19.5 Å². The Morgan fingerprint density at radius 1 is 0.980 bits per heavy atom. The molecular weight excluding hydrogens is 667 g/mol. The van der Waals surface area contributed by atoms with Crippen molar-refractivity contribution in [1.29, 1.82) is 0 Å². The summed E-state index contributed by atoms with van der Waals surface area (Å²) in [5.41, 5.74) is 5.56. The number of aryl methyl sites for hydroxylation is 1. The molecule has 3 heterocycles. The lowest BCUT2D eigenvalue weighted by Gasteiger charge is -2.49. The average Bonchev–Trinajstić information content (AvgIpc) is 3.12. The van der Waals surface area contributed by atoms with Gasteiger partial charge in [0, 0.05) is 35.5 Å². The highest BCUT2D eigenvalue weighted by Gasteiger charge is 2.54. The van der Waals surface area contributed by atoms with Gasteiger partial charge in [-0.15, -0.1) is 11.8 Å². The molecule has 0 aliphatic carbocycles. The number of rotatable bonds is 11. The molecule has 2 unspecified atom stereocenters. The SMILES string of the molecule is COc1ccc(COC(=O)C2=C(COC(C)=O)CSC3C(NC(=O)COc4ccc5c(c4)OCC(c4cc(F)ccc4C)=C5C)C(=O)N23)cc1. The summed E-state index contributed by atoms with van der Waals surface area (Å²) in [6, 6.07) is 16.0. The highest BCUT2D eigenvalue weighted by Crippen LogP contribution is 2.42. The number of halogens is 1. The highest BCUT2D eigenvalue weighted by molar-refractivity contribution is 8.00. The maximum Gasteiger partial charge on any atom is 0.355 e. The molecule has 0 bridgehead atoms. The summed E-state index contributed by atoms with van der Waals surface area (Å²) in [6.07, 6.45) is 0. The summed E-state index contributed by atoms with van der Waals surface area (Å²) in [7, 11) is 1.55. The normalized spacial score (nSPS) is 17.9. The minimum atomic E-state index is -0.903. The van der Waals surface area contributed by atoms with E-state index in [9.17, 15) is 23.6 Å². The smallest absolute Gasteiger partial charge is 0.355 e. The number of esters is 2. The van der Waals surface area contributed by atoms with Crippen molar-refractivity contribution in [2.24, 2.45) is 0 Å². The fourth-order valence-corrected chi connectivity index (χ4v) is 7.24. The number of amides is 2. The second-order valence-corrected chi connectivity index (χ2v) is 13.0. The minimum Gasteiger partial charge on any atom is -0.497 e. The number of carbonyl (C=O) groups excluding carboxylic acids is 4. The molecule has 0 aromatic heterocycles. The number of thioether (sulfide) groups is 1. The third kappa shape index (κ3) is 7.18. The predicted molar refractivity (Wildman–Crippen MR) is 183 cm³/mol. The van der Waals surface area contributed by atoms with Gasteiger partial charge in [0.2, 0.25) is 0 Å². The summed E-state index contributed by atoms with van der Waals surface area (Å²) in [5, 5.41) is 2.14. The van der Waals surface area contributed by atoms with E-state index in [0.29, 0.717) is 28.4 Å². The van der Waals surface area contributed by atoms with Crippen molar-refractivity contribution in [2.45, 2.75) is 38.8 Å². The molecule has 0 radical (unpaired) electrons. The Hall–Kier alpha value is -5.30. The number of nitrogens with zero attached hydrogens (tertiary/aromatic N) is 1. The lowest BCUT2D eigenvalue weighted by Crippen LogP contribution is -2.71. The lowest BCUT2D eigenvalue weighted by atomic mass is 9.91. The van der Waals surface area contributed by atoms with E-state index in [-0.39, 0.29) is 43.7 Å². The molecule has 2 amide bonds. The number of β-lactam (4-membered cyclic amide) rings is 1. The van der Waals surface area contributed by atoms with E-state index < -0.39 is 35.2 Å². The van der Waals surface area contributed by atoms with Crippen LogP contribution in [-0.4, -0.2) is 72.8 Å². The molecule has 6 rings (SSSR count). The Kier molecular flexibility index (Phi) is 10.1. The van der Waals surface area contributed by atoms with E-state index in [1.165, 1.54) is 35.7 Å². The van der Waals surface area contributed by atoms with Gasteiger partial charge in [0.15, 0.2) is 6.61 Å². The molecule has 13 heteroatoms. The molecule has 11 nitrogen and oxygen atoms in total. The van der Waals surface area contributed by atoms with Crippen molar-refractivity contribution in [3.8, 4) is 17.2 Å². The number of hydrogen-bond donors (Lipinski definition) is 1. The Morgan fingerprint density at radius 2 is 1.74 bits per heavy atom. The van der Waals surface area contributed by atoms with Crippen LogP contribution >= 0.6 is 11.8 Å². The number of hydrogen-bond acceptors (Lipinski definition) is 10. The summed E-state index contributed by atoms with van der Waals surface area (Å²) in [6.45, 7) is 4.78. The van der Waals surface area contributed by atoms with Crippen LogP contribution in [-0.2, 0) is 35.3 Å². The standard InChI is InChI=1S/C37H35FN2O9S/c1-20-5-8-25(38)13-29(20)30-17-48-31-14-27(11-12-28(31)21(30)2)47-18-32(42)39-33-35(43)40-34(24(16-46-22(3)41)19-50-36(33)40)37(44)49-15-23-6-9-26(45-4)10-7-23/h5-14,33,36H,15-19H2,1-4H3,(H,39,42). The third-order valence-electron chi connectivity index (χ3n) is 8.61. The Labute approximate surface area is 292 Å². The van der Waals surface area contributed by atoms with Crippen LogP contribution in [0.2, 0.25) is 0 Å². The first kappa shape index (κ1) is 34.6. The molecule has 3 aliphatic heterocycles. The molecular formula is C37H35FN2O9S. The van der Waals surface area contributed by atoms with Gasteiger partial charge in [-0.25, -0.2) is 9.18 Å². The van der Waals surface area contributed by atoms with E-state index >= 15 is 0 Å². The first-order valence-corrected chi connectivity index (χ1v) is 16.8. The van der Waals surface area contributed by atoms with Crippen LogP contribution in [0.3, 0.4) is 0 Å². The molecule has 2 atom stereocenters. The molecule has 1 fully saturated rings. The van der Waals surface area contributed by atoms with E-state index in [4.69, 9.17) is 23.7 Å². The van der Waals surface area contributed by atoms with Gasteiger partial charge in [-0.2, -0.15) is 0 Å². The molecule has 260 valence electrons. The zero-order valence-electron chi connectivity index (χ0n) is 27.9. The predicted octanol–water partition coefficient (Wildman–Crippen LogP) is 4.81. The maximum atomic E-state index is 14.0. The van der Waals surface area contributed by atoms with Gasteiger partial charge >= 0.3 is 11.9 Å². The van der Waals surface area contributed by atoms with Crippen molar-refractivity contribution in [1.82, 2.24) is 10.2 Å². The van der Waals surface area contributed by atoms with Crippen molar-refractivity contribution < 1.29 is 47.3 Å². The van der Waals surface area contributed by atoms with Gasteiger partial charge in [-0.1, -0.05) is 18.2 Å². The quantitative estimate of drug-likeness (QED) is 0.220. The number of fused-ring (bicyclic) bond motifs is 2. The topological polar surface area (TPSA) is 130 Å². The summed E-state index contributed by atoms with van der Waals surface area (Å²) >= 11 is 1.33. The van der Waals surface area contributed by atoms with Crippen LogP contribution in [0.5, 0.6) is 17.2 Å². The molecule has 3 aliphatic rings. The number of allylic oxidation sites excluding steroid dienone is 1. The monoisotopic (exact) mass is 702 g/mol. The summed E-state index contributed by atoms with van der Waals surface area (Å²) in [5.74, 6) is -0.720. The minimum absolute atomic E-state index is 0.00406. The van der Waals surface area contributed by atoms with Gasteiger partial charge in [0.25, 0.3) is 11.8 Å². The maximum absolute atomic E-state index is 14.0. The number of benzene rings is 3. The first-order valence-electron chi connectivity index (χ1n) is 15.8. The molecule has 1 saturated heterocycles. The van der Waals surface area contributed by atoms with Gasteiger partial charge < -0.3 is 29.0 Å². The molecule has 50 heavy (non-hydrogen) atoms. The van der Waals surface area contributed by atoms with Gasteiger partial charge in [0.1, 0.15) is 60.0 Å². The van der Waals surface area contributed by atoms with Crippen molar-refractivity contribution in [2.75, 3.05) is 32.7 Å². The first-order chi connectivity index (χ1) is 24.0. The highest BCUT2D eigenvalue weighted by atomic mass is 32.2. The second kappa shape index (κ2) is 14.7. The van der Waals surface area contributed by atoms with Crippen LogP contribution in [0.1, 0.15) is 36.1 Å². The number of methoxy groups -OCH3 is 1. The Balaban J connectivity index is 1.08. The van der Waals surface area contributed by atoms with E-state index in [1.54, 1.807) is 49.6 Å². The summed E-state index contributed by atoms with van der Waals surface area (Å²) < 4.78 is 41.6. The molecule has 0 saturated carbocycles. The van der Waals surface area contributed by atoms with E-state index in [0.717, 1.165) is 27.8 Å². The summed E-state index contributed by atoms with van der Waals surface area (Å²) in [4.78, 5) is 52.4. The van der Waals surface area contributed by atoms with Crippen molar-refractivity contribution >= 4 is 46.7 Å². The average molecular weight is 703 g/mol. The zero-order chi connectivity index (χ0) is 35.5. The molecule has 0 spiro atoms. The fraction of sp³-hybridized carbons (Fsp3) is 0.297. The second-order valence-electron chi connectivity index (χ2n) is 11.9. The molecule has 3 aromatic carbocycles. The fourth-order valence-electron chi connectivity index (χ4n) is 5.92. The lowest BCUT2D eigenvalue weighted by molar-refractivity contribution is -0.154. The van der Waals surface area contributed by atoms with Gasteiger partial charge in [-0.3, -0.25) is 19.3 Å². The van der Waals surface area contributed by atoms with E-state index in [2.05, 4.69) is 5.32 Å². The zero-order valence-corrected chi connectivity index (χ0v) is 28.7.